The first-order valence-electron chi connectivity index (χ1n) is 22.8. The van der Waals surface area contributed by atoms with Crippen molar-refractivity contribution in [1.29, 1.82) is 0 Å². The highest BCUT2D eigenvalue weighted by Crippen LogP contribution is 2.46. The van der Waals surface area contributed by atoms with Crippen LogP contribution in [0.3, 0.4) is 0 Å². The molecule has 10 atom stereocenters. The number of primary amides is 3. The molecule has 18 N–H and O–H groups in total. The third kappa shape index (κ3) is 18.5. The molecular formula is C43H66N12O14S2. The number of amides is 11. The van der Waals surface area contributed by atoms with Gasteiger partial charge in [-0.15, -0.1) is 0 Å². The summed E-state index contributed by atoms with van der Waals surface area (Å²) in [7, 11) is 1.84. The molecule has 394 valence electrons. The summed E-state index contributed by atoms with van der Waals surface area (Å²) in [5.41, 5.74) is 21.4. The van der Waals surface area contributed by atoms with E-state index in [1.54, 1.807) is 20.8 Å². The fourth-order valence-electron chi connectivity index (χ4n) is 7.43. The van der Waals surface area contributed by atoms with Gasteiger partial charge < -0.3 is 80.4 Å². The molecule has 1 aromatic rings. The fourth-order valence-corrected chi connectivity index (χ4v) is 9.71. The number of phenolic OH excluding ortho intramolecular Hbond substituents is 1. The lowest BCUT2D eigenvalue weighted by Crippen LogP contribution is -2.61. The molecule has 0 bridgehead atoms. The SMILES string of the molecule is CCC1CC1(NC(=O)CN(CC(O)CO)C(=O)[C@@H]1CSSC[C@H](N)C(=O)N[C@@H](Cc2ccc(O)cc2)C(=O)N[C@@H]([C@@H](C)CC)C(=O)N[C@@H](CCC(N)=O)C(=O)N[C@@H](CC(N)=O)C(=O)N1)C(=O)NCC(N)=O. The molecule has 1 heterocycles. The summed E-state index contributed by atoms with van der Waals surface area (Å²) in [6.07, 6.45) is -2.66. The second-order valence-electron chi connectivity index (χ2n) is 17.4. The Kier molecular flexibility index (Phi) is 23.3. The minimum atomic E-state index is -1.85. The Hall–Kier alpha value is -6.23. The number of aliphatic hydroxyl groups is 2. The molecule has 28 heteroatoms. The summed E-state index contributed by atoms with van der Waals surface area (Å²) in [5, 5.41) is 47.6. The van der Waals surface area contributed by atoms with Gasteiger partial charge in [-0.3, -0.25) is 52.7 Å². The quantitative estimate of drug-likeness (QED) is 0.0541. The number of phenols is 1. The van der Waals surface area contributed by atoms with Gasteiger partial charge in [0, 0.05) is 30.9 Å². The van der Waals surface area contributed by atoms with E-state index in [9.17, 15) is 68.1 Å². The minimum absolute atomic E-state index is 0.0685. The molecule has 0 aromatic heterocycles. The molecule has 2 fully saturated rings. The van der Waals surface area contributed by atoms with Crippen molar-refractivity contribution in [3.8, 4) is 5.75 Å². The lowest BCUT2D eigenvalue weighted by atomic mass is 9.96. The Morgan fingerprint density at radius 3 is 2.00 bits per heavy atom. The van der Waals surface area contributed by atoms with Crippen LogP contribution in [0.2, 0.25) is 0 Å². The smallest absolute Gasteiger partial charge is 0.246 e. The van der Waals surface area contributed by atoms with E-state index in [2.05, 4.69) is 37.2 Å². The van der Waals surface area contributed by atoms with Crippen molar-refractivity contribution in [2.75, 3.05) is 37.7 Å². The predicted octanol–water partition coefficient (Wildman–Crippen LogP) is -5.66. The van der Waals surface area contributed by atoms with E-state index in [1.807, 2.05) is 0 Å². The number of nitrogens with one attached hydrogen (secondary N) is 7. The average molecular weight is 1040 g/mol. The molecule has 1 aromatic carbocycles. The second kappa shape index (κ2) is 28.0. The van der Waals surface area contributed by atoms with Gasteiger partial charge in [0.25, 0.3) is 0 Å². The summed E-state index contributed by atoms with van der Waals surface area (Å²) in [6, 6.07) is -3.45. The average Bonchev–Trinajstić information content (AvgIpc) is 4.03. The van der Waals surface area contributed by atoms with Crippen molar-refractivity contribution in [3.05, 3.63) is 29.8 Å². The number of nitrogens with zero attached hydrogens (tertiary/aromatic N) is 1. The van der Waals surface area contributed by atoms with Gasteiger partial charge in [-0.2, -0.15) is 0 Å². The third-order valence-corrected chi connectivity index (χ3v) is 14.2. The van der Waals surface area contributed by atoms with Gasteiger partial charge in [0.2, 0.25) is 65.0 Å². The predicted molar refractivity (Wildman–Crippen MR) is 257 cm³/mol. The van der Waals surface area contributed by atoms with Crippen LogP contribution in [0.25, 0.3) is 0 Å². The zero-order valence-corrected chi connectivity index (χ0v) is 41.2. The van der Waals surface area contributed by atoms with Crippen LogP contribution in [-0.4, -0.2) is 171 Å². The summed E-state index contributed by atoms with van der Waals surface area (Å²) >= 11 is 0. The molecule has 2 aliphatic rings. The van der Waals surface area contributed by atoms with Crippen LogP contribution in [0.4, 0.5) is 0 Å². The van der Waals surface area contributed by atoms with Gasteiger partial charge in [0.05, 0.1) is 38.3 Å². The normalized spacial score (nSPS) is 25.5. The zero-order chi connectivity index (χ0) is 53.2. The Bertz CT molecular complexity index is 2120. The molecule has 71 heavy (non-hydrogen) atoms. The van der Waals surface area contributed by atoms with E-state index < -0.39 is 164 Å². The number of nitrogens with two attached hydrogens (primary N) is 4. The largest absolute Gasteiger partial charge is 0.508 e. The summed E-state index contributed by atoms with van der Waals surface area (Å²) in [5.74, 6) is -12.0. The van der Waals surface area contributed by atoms with Crippen molar-refractivity contribution in [1.82, 2.24) is 42.1 Å². The number of carbonyl (C=O) groups is 11. The van der Waals surface area contributed by atoms with E-state index in [-0.39, 0.29) is 36.0 Å². The molecule has 1 aliphatic heterocycles. The van der Waals surface area contributed by atoms with Gasteiger partial charge in [-0.1, -0.05) is 67.3 Å². The Morgan fingerprint density at radius 2 is 1.42 bits per heavy atom. The zero-order valence-electron chi connectivity index (χ0n) is 39.6. The van der Waals surface area contributed by atoms with Crippen LogP contribution < -0.4 is 60.2 Å². The van der Waals surface area contributed by atoms with Gasteiger partial charge in [-0.05, 0) is 42.4 Å². The number of carbonyl (C=O) groups excluding carboxylic acids is 11. The van der Waals surface area contributed by atoms with Crippen LogP contribution >= 0.6 is 21.6 Å². The number of hydrogen-bond acceptors (Lipinski definition) is 17. The molecule has 1 aliphatic carbocycles. The topological polar surface area (TPSA) is 440 Å². The second-order valence-corrected chi connectivity index (χ2v) is 19.9. The molecule has 1 saturated carbocycles. The number of aliphatic hydroxyl groups excluding tert-OH is 2. The maximum absolute atomic E-state index is 14.5. The first-order valence-corrected chi connectivity index (χ1v) is 25.2. The molecule has 1 saturated heterocycles. The number of aromatic hydroxyl groups is 1. The van der Waals surface area contributed by atoms with Crippen molar-refractivity contribution in [2.24, 2.45) is 34.8 Å². The van der Waals surface area contributed by atoms with E-state index in [4.69, 9.17) is 22.9 Å². The summed E-state index contributed by atoms with van der Waals surface area (Å²) in [6.45, 7) is 2.14. The number of rotatable bonds is 20. The van der Waals surface area contributed by atoms with E-state index in [0.717, 1.165) is 26.5 Å². The maximum atomic E-state index is 14.5. The lowest BCUT2D eigenvalue weighted by molar-refractivity contribution is -0.142. The van der Waals surface area contributed by atoms with Crippen LogP contribution in [0.1, 0.15) is 64.9 Å². The molecule has 0 spiro atoms. The van der Waals surface area contributed by atoms with Crippen molar-refractivity contribution < 1.29 is 68.1 Å². The Labute approximate surface area is 417 Å². The monoisotopic (exact) mass is 1040 g/mol. The molecule has 3 unspecified atom stereocenters. The number of hydrogen-bond donors (Lipinski definition) is 14. The molecule has 26 nitrogen and oxygen atoms in total. The lowest BCUT2D eigenvalue weighted by Gasteiger charge is -2.31. The molecule has 0 radical (unpaired) electrons. The van der Waals surface area contributed by atoms with Crippen LogP contribution in [0.15, 0.2) is 24.3 Å². The molecule has 3 rings (SSSR count). The van der Waals surface area contributed by atoms with Crippen LogP contribution in [0, 0.1) is 11.8 Å². The first-order chi connectivity index (χ1) is 33.4. The number of benzene rings is 1. The van der Waals surface area contributed by atoms with E-state index in [1.165, 1.54) is 24.3 Å². The highest BCUT2D eigenvalue weighted by atomic mass is 33.1. The third-order valence-electron chi connectivity index (χ3n) is 11.7. The maximum Gasteiger partial charge on any atom is 0.246 e. The Morgan fingerprint density at radius 1 is 0.817 bits per heavy atom. The van der Waals surface area contributed by atoms with Gasteiger partial charge in [0.15, 0.2) is 0 Å². The van der Waals surface area contributed by atoms with E-state index in [0.29, 0.717) is 18.4 Å². The summed E-state index contributed by atoms with van der Waals surface area (Å²) in [4.78, 5) is 148. The van der Waals surface area contributed by atoms with Crippen molar-refractivity contribution >= 4 is 86.6 Å². The highest BCUT2D eigenvalue weighted by Gasteiger charge is 2.60. The molecular weight excluding hydrogens is 973 g/mol. The summed E-state index contributed by atoms with van der Waals surface area (Å²) < 4.78 is 0. The fraction of sp³-hybridized carbons (Fsp3) is 0.605. The molecule has 11 amide bonds. The Balaban J connectivity index is 2.09. The first kappa shape index (κ1) is 59.1. The van der Waals surface area contributed by atoms with Gasteiger partial charge in [-0.25, -0.2) is 0 Å². The van der Waals surface area contributed by atoms with E-state index >= 15 is 0 Å². The van der Waals surface area contributed by atoms with Crippen LogP contribution in [-0.2, 0) is 59.2 Å². The minimum Gasteiger partial charge on any atom is -0.508 e. The van der Waals surface area contributed by atoms with Gasteiger partial charge in [0.1, 0.15) is 41.5 Å². The van der Waals surface area contributed by atoms with Crippen LogP contribution in [0.5, 0.6) is 5.75 Å². The highest BCUT2D eigenvalue weighted by molar-refractivity contribution is 8.76. The van der Waals surface area contributed by atoms with Crippen molar-refractivity contribution in [2.45, 2.75) is 114 Å². The standard InChI is InChI=1S/C43H66N12O14S2/c1-4-21(3)35-40(67)49-27(10-11-31(45)59)37(64)51-29(13-32(46)60)38(65)52-30(20-71-70-19-26(44)36(63)50-28(39(66)53-35)12-22-6-8-24(57)9-7-22)41(68)55(16-25(58)18-56)17-34(62)54-43(14-23(43)5-2)42(69)48-15-33(47)61/h6-9,21,23,25-30,35,56-58H,4-5,10-20,44H2,1-3H3,(H2,45,59)(H2,46,60)(H2,47,61)(H,48,69)(H,49,67)(H,50,63)(H,51,64)(H,52,65)(H,53,66)(H,54,62)/t21-,23?,25?,26-,27-,28-,29-,30-,35-,43?/m0/s1. The van der Waals surface area contributed by atoms with Crippen molar-refractivity contribution in [3.63, 3.8) is 0 Å². The van der Waals surface area contributed by atoms with Gasteiger partial charge >= 0.3 is 0 Å².